The molecular weight excluding hydrogens is 680 g/mol. The van der Waals surface area contributed by atoms with Crippen LogP contribution in [0.25, 0.3) is 22.3 Å². The van der Waals surface area contributed by atoms with Crippen LogP contribution in [0.3, 0.4) is 0 Å². The van der Waals surface area contributed by atoms with Gasteiger partial charge in [-0.05, 0) is 83.7 Å². The third-order valence-corrected chi connectivity index (χ3v) is 8.66. The smallest absolute Gasteiger partial charge is 0.336 e. The minimum Gasteiger partial charge on any atom is -0.490 e. The van der Waals surface area contributed by atoms with Crippen molar-refractivity contribution < 1.29 is 52.6 Å². The van der Waals surface area contributed by atoms with E-state index in [4.69, 9.17) is 33.2 Å². The summed E-state index contributed by atoms with van der Waals surface area (Å²) in [6.45, 7) is 11.2. The first-order valence-corrected chi connectivity index (χ1v) is 17.4. The summed E-state index contributed by atoms with van der Waals surface area (Å²) in [5.41, 5.74) is 5.78. The van der Waals surface area contributed by atoms with Crippen molar-refractivity contribution in [1.82, 2.24) is 0 Å². The fourth-order valence-electron chi connectivity index (χ4n) is 5.87. The molecule has 1 saturated carbocycles. The molecule has 53 heavy (non-hydrogen) atoms. The molecule has 0 heterocycles. The van der Waals surface area contributed by atoms with E-state index in [9.17, 15) is 19.5 Å². The Kier molecular flexibility index (Phi) is 15.8. The van der Waals surface area contributed by atoms with E-state index in [1.54, 1.807) is 0 Å². The Balaban J connectivity index is 1.43. The van der Waals surface area contributed by atoms with Crippen LogP contribution >= 0.6 is 0 Å². The van der Waals surface area contributed by atoms with Crippen LogP contribution in [0.15, 0.2) is 103 Å². The van der Waals surface area contributed by atoms with Gasteiger partial charge >= 0.3 is 17.9 Å². The fourth-order valence-corrected chi connectivity index (χ4v) is 5.87. The first-order chi connectivity index (χ1) is 25.6. The van der Waals surface area contributed by atoms with Crippen molar-refractivity contribution in [3.05, 3.63) is 109 Å². The molecule has 4 rings (SSSR count). The largest absolute Gasteiger partial charge is 0.490 e. The molecule has 1 N–H and O–H groups in total. The highest BCUT2D eigenvalue weighted by atomic mass is 16.6. The Bertz CT molecular complexity index is 1720. The van der Waals surface area contributed by atoms with Gasteiger partial charge in [-0.3, -0.25) is 0 Å². The summed E-state index contributed by atoms with van der Waals surface area (Å²) in [6, 6.07) is 22.0. The van der Waals surface area contributed by atoms with Gasteiger partial charge in [-0.15, -0.1) is 0 Å². The number of benzene rings is 3. The molecular formula is C42H48O11. The van der Waals surface area contributed by atoms with Crippen molar-refractivity contribution in [3.8, 4) is 33.8 Å². The standard InChI is InChI=1S/C42H48O11/c1-28(25-43)42(46)53-36-16-12-34(13-17-36)39-24-37(50-21-23-52-41(45)30(3)27-48-5)18-19-38(39)33-8-6-31(7-9-33)32-10-14-35(15-11-32)49-20-22-51-40(44)29(2)26-47-4/h6-11,14-15,18-19,24,34,36,43H,1-3,12-13,16-17,20-23,25-27H2,4-5H3. The number of methoxy groups -OCH3 is 2. The highest BCUT2D eigenvalue weighted by molar-refractivity contribution is 5.88. The zero-order valence-corrected chi connectivity index (χ0v) is 30.4. The molecule has 1 aliphatic carbocycles. The van der Waals surface area contributed by atoms with Gasteiger partial charge in [0.05, 0.1) is 36.5 Å². The Morgan fingerprint density at radius 2 is 1.11 bits per heavy atom. The van der Waals surface area contributed by atoms with E-state index in [0.29, 0.717) is 24.3 Å². The zero-order valence-electron chi connectivity index (χ0n) is 30.4. The molecule has 0 radical (unpaired) electrons. The zero-order chi connectivity index (χ0) is 38.2. The van der Waals surface area contributed by atoms with E-state index in [1.807, 2.05) is 42.5 Å². The van der Waals surface area contributed by atoms with E-state index in [-0.39, 0.29) is 68.4 Å². The van der Waals surface area contributed by atoms with E-state index >= 15 is 0 Å². The number of aliphatic hydroxyl groups excluding tert-OH is 1. The normalized spacial score (nSPS) is 15.2. The Morgan fingerprint density at radius 1 is 0.623 bits per heavy atom. The maximum atomic E-state index is 12.2. The van der Waals surface area contributed by atoms with E-state index in [2.05, 4.69) is 44.0 Å². The predicted molar refractivity (Wildman–Crippen MR) is 200 cm³/mol. The van der Waals surface area contributed by atoms with Gasteiger partial charge < -0.3 is 38.3 Å². The van der Waals surface area contributed by atoms with Crippen molar-refractivity contribution in [3.63, 3.8) is 0 Å². The summed E-state index contributed by atoms with van der Waals surface area (Å²) in [5.74, 6) is -0.119. The fraction of sp³-hybridized carbons (Fsp3) is 0.357. The molecule has 3 aromatic carbocycles. The molecule has 0 atom stereocenters. The number of hydrogen-bond acceptors (Lipinski definition) is 11. The monoisotopic (exact) mass is 728 g/mol. The molecule has 0 saturated heterocycles. The average molecular weight is 729 g/mol. The molecule has 0 aliphatic heterocycles. The van der Waals surface area contributed by atoms with Gasteiger partial charge in [-0.2, -0.15) is 0 Å². The van der Waals surface area contributed by atoms with Crippen LogP contribution in [0, 0.1) is 0 Å². The van der Waals surface area contributed by atoms with Crippen LogP contribution in [0.1, 0.15) is 37.2 Å². The van der Waals surface area contributed by atoms with Gasteiger partial charge in [0.1, 0.15) is 44.0 Å². The Morgan fingerprint density at radius 3 is 1.64 bits per heavy atom. The van der Waals surface area contributed by atoms with Gasteiger partial charge in [0.25, 0.3) is 0 Å². The minimum atomic E-state index is -0.565. The number of esters is 3. The van der Waals surface area contributed by atoms with E-state index in [1.165, 1.54) is 14.2 Å². The van der Waals surface area contributed by atoms with Crippen molar-refractivity contribution in [2.24, 2.45) is 0 Å². The van der Waals surface area contributed by atoms with Crippen LogP contribution in [0.5, 0.6) is 11.5 Å². The molecule has 0 amide bonds. The lowest BCUT2D eigenvalue weighted by Gasteiger charge is -2.30. The molecule has 0 aromatic heterocycles. The summed E-state index contributed by atoms with van der Waals surface area (Å²) in [5, 5.41) is 9.24. The van der Waals surface area contributed by atoms with Crippen LogP contribution < -0.4 is 9.47 Å². The topological polar surface area (TPSA) is 136 Å². The van der Waals surface area contributed by atoms with Crippen molar-refractivity contribution >= 4 is 17.9 Å². The van der Waals surface area contributed by atoms with Gasteiger partial charge in [0.2, 0.25) is 0 Å². The second-order valence-corrected chi connectivity index (χ2v) is 12.5. The summed E-state index contributed by atoms with van der Waals surface area (Å²) >= 11 is 0. The third-order valence-electron chi connectivity index (χ3n) is 8.66. The van der Waals surface area contributed by atoms with Crippen molar-refractivity contribution in [2.45, 2.75) is 37.7 Å². The highest BCUT2D eigenvalue weighted by Gasteiger charge is 2.27. The first kappa shape index (κ1) is 40.5. The number of ether oxygens (including phenoxy) is 7. The summed E-state index contributed by atoms with van der Waals surface area (Å²) in [6.07, 6.45) is 2.69. The molecule has 0 spiro atoms. The van der Waals surface area contributed by atoms with E-state index < -0.39 is 24.5 Å². The molecule has 11 nitrogen and oxygen atoms in total. The van der Waals surface area contributed by atoms with Gasteiger partial charge in [0.15, 0.2) is 0 Å². The maximum Gasteiger partial charge on any atom is 0.336 e. The molecule has 3 aromatic rings. The number of aliphatic hydroxyl groups is 1. The minimum absolute atomic E-state index is 0.0433. The number of carbonyl (C=O) groups is 3. The predicted octanol–water partition coefficient (Wildman–Crippen LogP) is 6.39. The van der Waals surface area contributed by atoms with Crippen molar-refractivity contribution in [1.29, 1.82) is 0 Å². The molecule has 0 bridgehead atoms. The lowest BCUT2D eigenvalue weighted by Crippen LogP contribution is -2.25. The highest BCUT2D eigenvalue weighted by Crippen LogP contribution is 2.41. The molecule has 11 heteroatoms. The van der Waals surface area contributed by atoms with Crippen LogP contribution in [-0.4, -0.2) is 89.6 Å². The number of rotatable bonds is 20. The maximum absolute atomic E-state index is 12.2. The van der Waals surface area contributed by atoms with Gasteiger partial charge in [-0.25, -0.2) is 14.4 Å². The lowest BCUT2D eigenvalue weighted by molar-refractivity contribution is -0.146. The van der Waals surface area contributed by atoms with Crippen LogP contribution in [0.4, 0.5) is 0 Å². The Hall–Kier alpha value is -5.23. The third kappa shape index (κ3) is 12.2. The number of carbonyl (C=O) groups excluding carboxylic acids is 3. The summed E-state index contributed by atoms with van der Waals surface area (Å²) < 4.78 is 37.5. The first-order valence-electron chi connectivity index (χ1n) is 17.4. The van der Waals surface area contributed by atoms with Gasteiger partial charge in [0, 0.05) is 14.2 Å². The summed E-state index contributed by atoms with van der Waals surface area (Å²) in [7, 11) is 2.97. The van der Waals surface area contributed by atoms with Crippen LogP contribution in [-0.2, 0) is 38.1 Å². The summed E-state index contributed by atoms with van der Waals surface area (Å²) in [4.78, 5) is 36.1. The second-order valence-electron chi connectivity index (χ2n) is 12.5. The molecule has 1 aliphatic rings. The molecule has 1 fully saturated rings. The lowest BCUT2D eigenvalue weighted by atomic mass is 9.79. The van der Waals surface area contributed by atoms with Crippen LogP contribution in [0.2, 0.25) is 0 Å². The second kappa shape index (κ2) is 20.7. The quantitative estimate of drug-likeness (QED) is 0.0600. The number of hydrogen-bond donors (Lipinski definition) is 1. The average Bonchev–Trinajstić information content (AvgIpc) is 3.18. The van der Waals surface area contributed by atoms with Gasteiger partial charge in [-0.1, -0.05) is 62.2 Å². The van der Waals surface area contributed by atoms with Crippen molar-refractivity contribution in [2.75, 3.05) is 60.5 Å². The molecule has 0 unspecified atom stereocenters. The molecule has 282 valence electrons. The van der Waals surface area contributed by atoms with E-state index in [0.717, 1.165) is 40.7 Å². The Labute approximate surface area is 310 Å². The SMILES string of the molecule is C=C(COC)C(=O)OCCOc1ccc(-c2ccc(-c3ccc(OCCOC(=O)C(=C)COC)cc3C3CCC(OC(=O)C(=C)CO)CC3)cc2)cc1.